The Bertz CT molecular complexity index is 714. The van der Waals surface area contributed by atoms with Crippen LogP contribution < -0.4 is 21.9 Å². The third kappa shape index (κ3) is 9.29. The number of alkyl halides is 3. The first-order valence-corrected chi connectivity index (χ1v) is 8.81. The number of halogens is 3. The minimum atomic E-state index is -4.38. The van der Waals surface area contributed by atoms with Crippen LogP contribution in [0.25, 0.3) is 0 Å². The molecule has 0 aromatic heterocycles. The van der Waals surface area contributed by atoms with Gasteiger partial charge in [0, 0.05) is 11.3 Å². The Labute approximate surface area is 166 Å². The highest BCUT2D eigenvalue weighted by molar-refractivity contribution is 7.80. The quantitative estimate of drug-likeness (QED) is 0.236. The van der Waals surface area contributed by atoms with Crippen molar-refractivity contribution in [2.24, 2.45) is 10.2 Å². The predicted octanol–water partition coefficient (Wildman–Crippen LogP) is 3.09. The van der Waals surface area contributed by atoms with E-state index in [0.29, 0.717) is 34.1 Å². The first-order valence-electron chi connectivity index (χ1n) is 8.00. The number of benzene rings is 1. The van der Waals surface area contributed by atoms with Crippen molar-refractivity contribution in [2.75, 3.05) is 12.3 Å². The van der Waals surface area contributed by atoms with Gasteiger partial charge in [-0.05, 0) is 44.1 Å². The molecule has 0 unspecified atom stereocenters. The van der Waals surface area contributed by atoms with Gasteiger partial charge in [0.15, 0.2) is 5.11 Å². The summed E-state index contributed by atoms with van der Waals surface area (Å²) in [5.41, 5.74) is 12.9. The first kappa shape index (κ1) is 22.8. The van der Waals surface area contributed by atoms with Gasteiger partial charge in [-0.25, -0.2) is 0 Å². The van der Waals surface area contributed by atoms with E-state index >= 15 is 0 Å². The van der Waals surface area contributed by atoms with E-state index in [2.05, 4.69) is 21.1 Å². The molecular formula is C16H21F3N6S2. The van der Waals surface area contributed by atoms with Crippen LogP contribution in [-0.2, 0) is 0 Å². The van der Waals surface area contributed by atoms with Crippen LogP contribution in [0, 0.1) is 0 Å². The molecule has 0 aliphatic carbocycles. The van der Waals surface area contributed by atoms with E-state index in [0.717, 1.165) is 6.42 Å². The molecule has 27 heavy (non-hydrogen) atoms. The molecule has 1 aromatic carbocycles. The van der Waals surface area contributed by atoms with Crippen molar-refractivity contribution < 1.29 is 13.2 Å². The minimum Gasteiger partial charge on any atom is -0.399 e. The maximum Gasteiger partial charge on any atom is 0.405 e. The smallest absolute Gasteiger partial charge is 0.399 e. The topological polar surface area (TPSA) is 86.8 Å². The Kier molecular flexibility index (Phi) is 9.09. The zero-order valence-corrected chi connectivity index (χ0v) is 16.5. The number of hydrazone groups is 2. The van der Waals surface area contributed by atoms with E-state index in [4.69, 9.17) is 30.2 Å². The van der Waals surface area contributed by atoms with Crippen LogP contribution in [-0.4, -0.2) is 34.2 Å². The molecule has 6 nitrogen and oxygen atoms in total. The maximum absolute atomic E-state index is 12.2. The number of nitrogens with one attached hydrogen (secondary N) is 3. The Hall–Kier alpha value is -2.27. The predicted molar refractivity (Wildman–Crippen MR) is 111 cm³/mol. The molecule has 0 aliphatic heterocycles. The third-order valence-electron chi connectivity index (χ3n) is 3.07. The molecule has 0 amide bonds. The largest absolute Gasteiger partial charge is 0.405 e. The number of thiocarbonyl (C=S) groups is 2. The second-order valence-corrected chi connectivity index (χ2v) is 6.38. The van der Waals surface area contributed by atoms with E-state index in [9.17, 15) is 13.2 Å². The van der Waals surface area contributed by atoms with E-state index in [1.54, 1.807) is 31.2 Å². The normalized spacial score (nSPS) is 12.5. The molecule has 0 atom stereocenters. The molecule has 0 saturated heterocycles. The minimum absolute atomic E-state index is 0.262. The van der Waals surface area contributed by atoms with Crippen molar-refractivity contribution in [3.8, 4) is 0 Å². The van der Waals surface area contributed by atoms with Gasteiger partial charge in [0.25, 0.3) is 0 Å². The van der Waals surface area contributed by atoms with Crippen molar-refractivity contribution in [2.45, 2.75) is 32.9 Å². The Morgan fingerprint density at radius 3 is 2.30 bits per heavy atom. The van der Waals surface area contributed by atoms with E-state index in [1.807, 2.05) is 12.2 Å². The molecule has 5 N–H and O–H groups in total. The lowest BCUT2D eigenvalue weighted by Gasteiger charge is -2.12. The Morgan fingerprint density at radius 1 is 1.11 bits per heavy atom. The molecule has 0 aliphatic rings. The molecule has 0 fully saturated rings. The fourth-order valence-electron chi connectivity index (χ4n) is 1.80. The van der Waals surface area contributed by atoms with Crippen LogP contribution in [0.2, 0.25) is 0 Å². The highest BCUT2D eigenvalue weighted by Crippen LogP contribution is 2.12. The average molecular weight is 419 g/mol. The van der Waals surface area contributed by atoms with Crippen molar-refractivity contribution in [3.05, 3.63) is 29.8 Å². The van der Waals surface area contributed by atoms with Crippen LogP contribution in [0.15, 0.2) is 34.5 Å². The van der Waals surface area contributed by atoms with Crippen molar-refractivity contribution in [1.82, 2.24) is 16.2 Å². The second-order valence-electron chi connectivity index (χ2n) is 5.47. The molecule has 0 heterocycles. The SMILES string of the molecule is CCCC(=S)NN=C(C)C(=NNC(=S)NCC(F)(F)F)c1ccc(N)cc1. The molecular weight excluding hydrogens is 397 g/mol. The molecule has 148 valence electrons. The summed E-state index contributed by atoms with van der Waals surface area (Å²) in [5, 5.41) is 10.0. The van der Waals surface area contributed by atoms with Gasteiger partial charge in [0.05, 0.1) is 10.7 Å². The molecule has 1 aromatic rings. The zero-order valence-electron chi connectivity index (χ0n) is 14.9. The lowest BCUT2D eigenvalue weighted by Crippen LogP contribution is -2.39. The average Bonchev–Trinajstić information content (AvgIpc) is 2.59. The molecule has 11 heteroatoms. The van der Waals surface area contributed by atoms with E-state index in [-0.39, 0.29) is 5.11 Å². The standard InChI is InChI=1S/C16H21F3N6S2/c1-3-4-13(26)23-22-10(2)14(11-5-7-12(20)8-6-11)24-25-15(27)21-9-16(17,18)19/h5-8H,3-4,9,20H2,1-2H3,(H,23,26)(H2,21,25,27). The van der Waals surface area contributed by atoms with Crippen molar-refractivity contribution >= 4 is 51.6 Å². The monoisotopic (exact) mass is 418 g/mol. The van der Waals surface area contributed by atoms with Crippen LogP contribution >= 0.6 is 24.4 Å². The zero-order chi connectivity index (χ0) is 20.4. The van der Waals surface area contributed by atoms with Crippen LogP contribution in [0.1, 0.15) is 32.3 Å². The molecule has 0 radical (unpaired) electrons. The Balaban J connectivity index is 2.97. The highest BCUT2D eigenvalue weighted by atomic mass is 32.1. The van der Waals surface area contributed by atoms with Gasteiger partial charge >= 0.3 is 6.18 Å². The fraction of sp³-hybridized carbons (Fsp3) is 0.375. The highest BCUT2D eigenvalue weighted by Gasteiger charge is 2.27. The summed E-state index contributed by atoms with van der Waals surface area (Å²) in [5.74, 6) is 0. The number of hydrogen-bond donors (Lipinski definition) is 4. The number of nitrogens with zero attached hydrogens (tertiary/aromatic N) is 2. The third-order valence-corrected chi connectivity index (χ3v) is 3.60. The van der Waals surface area contributed by atoms with Crippen LogP contribution in [0.5, 0.6) is 0 Å². The summed E-state index contributed by atoms with van der Waals surface area (Å²) in [7, 11) is 0. The molecule has 0 bridgehead atoms. The lowest BCUT2D eigenvalue weighted by atomic mass is 10.1. The number of rotatable bonds is 7. The summed E-state index contributed by atoms with van der Waals surface area (Å²) in [6, 6.07) is 6.78. The van der Waals surface area contributed by atoms with E-state index < -0.39 is 12.7 Å². The summed E-state index contributed by atoms with van der Waals surface area (Å²) < 4.78 is 36.7. The number of anilines is 1. The van der Waals surface area contributed by atoms with Crippen LogP contribution in [0.4, 0.5) is 18.9 Å². The van der Waals surface area contributed by atoms with Gasteiger partial charge in [-0.1, -0.05) is 31.3 Å². The molecule has 0 saturated carbocycles. The van der Waals surface area contributed by atoms with Crippen molar-refractivity contribution in [3.63, 3.8) is 0 Å². The van der Waals surface area contributed by atoms with Gasteiger partial charge < -0.3 is 11.1 Å². The Morgan fingerprint density at radius 2 is 1.74 bits per heavy atom. The van der Waals surface area contributed by atoms with Gasteiger partial charge in [0.2, 0.25) is 0 Å². The summed E-state index contributed by atoms with van der Waals surface area (Å²) in [4.78, 5) is 0.573. The summed E-state index contributed by atoms with van der Waals surface area (Å²) in [6.07, 6.45) is -2.82. The summed E-state index contributed by atoms with van der Waals surface area (Å²) >= 11 is 9.95. The first-order chi connectivity index (χ1) is 12.6. The number of nitrogen functional groups attached to an aromatic ring is 1. The fourth-order valence-corrected chi connectivity index (χ4v) is 2.17. The van der Waals surface area contributed by atoms with Gasteiger partial charge in [-0.15, -0.1) is 0 Å². The van der Waals surface area contributed by atoms with E-state index in [1.165, 1.54) is 0 Å². The van der Waals surface area contributed by atoms with Gasteiger partial charge in [-0.3, -0.25) is 10.9 Å². The van der Waals surface area contributed by atoms with Gasteiger partial charge in [-0.2, -0.15) is 23.4 Å². The van der Waals surface area contributed by atoms with Gasteiger partial charge in [0.1, 0.15) is 12.3 Å². The molecule has 1 rings (SSSR count). The number of nitrogens with two attached hydrogens (primary N) is 1. The number of hydrogen-bond acceptors (Lipinski definition) is 5. The summed E-state index contributed by atoms with van der Waals surface area (Å²) in [6.45, 7) is 2.42. The maximum atomic E-state index is 12.2. The second kappa shape index (κ2) is 10.8. The van der Waals surface area contributed by atoms with Crippen molar-refractivity contribution in [1.29, 1.82) is 0 Å². The lowest BCUT2D eigenvalue weighted by molar-refractivity contribution is -0.122. The van der Waals surface area contributed by atoms with Crippen LogP contribution in [0.3, 0.4) is 0 Å². The molecule has 0 spiro atoms.